The Bertz CT molecular complexity index is 597. The Kier molecular flexibility index (Phi) is 4.61. The Morgan fingerprint density at radius 2 is 1.67 bits per heavy atom. The van der Waals surface area contributed by atoms with Gasteiger partial charge in [0.1, 0.15) is 0 Å². The molecule has 1 aliphatic heterocycles. The van der Waals surface area contributed by atoms with Crippen molar-refractivity contribution in [1.82, 2.24) is 0 Å². The van der Waals surface area contributed by atoms with E-state index in [0.29, 0.717) is 6.54 Å². The molecule has 0 saturated heterocycles. The van der Waals surface area contributed by atoms with Gasteiger partial charge in [0.05, 0.1) is 0 Å². The van der Waals surface area contributed by atoms with Gasteiger partial charge in [-0.3, -0.25) is 0 Å². The first-order chi connectivity index (χ1) is 10.3. The lowest BCUT2D eigenvalue weighted by Crippen LogP contribution is -2.26. The van der Waals surface area contributed by atoms with Crippen molar-refractivity contribution in [3.05, 3.63) is 63.6 Å². The molecule has 110 valence electrons. The van der Waals surface area contributed by atoms with Crippen LogP contribution in [0, 0.1) is 0 Å². The van der Waals surface area contributed by atoms with Crippen LogP contribution in [0.1, 0.15) is 16.7 Å². The molecule has 2 nitrogen and oxygen atoms in total. The first-order valence-electron chi connectivity index (χ1n) is 7.58. The van der Waals surface area contributed by atoms with Crippen LogP contribution in [-0.4, -0.2) is 19.6 Å². The molecule has 0 radical (unpaired) electrons. The van der Waals surface area contributed by atoms with E-state index in [9.17, 15) is 0 Å². The fourth-order valence-corrected chi connectivity index (χ4v) is 3.58. The maximum Gasteiger partial charge on any atom is 0.0377 e. The van der Waals surface area contributed by atoms with Gasteiger partial charge >= 0.3 is 0 Å². The smallest absolute Gasteiger partial charge is 0.0377 e. The molecular formula is C18H21BrN2. The average molecular weight is 345 g/mol. The van der Waals surface area contributed by atoms with Crippen LogP contribution in [0.25, 0.3) is 0 Å². The Morgan fingerprint density at radius 1 is 1.00 bits per heavy atom. The molecule has 3 heteroatoms. The topological polar surface area (TPSA) is 29.3 Å². The van der Waals surface area contributed by atoms with Crippen molar-refractivity contribution in [3.63, 3.8) is 0 Å². The number of rotatable bonds is 3. The van der Waals surface area contributed by atoms with Crippen molar-refractivity contribution in [2.75, 3.05) is 24.5 Å². The number of halogens is 1. The summed E-state index contributed by atoms with van der Waals surface area (Å²) in [5, 5.41) is 0. The molecule has 0 bridgehead atoms. The van der Waals surface area contributed by atoms with Gasteiger partial charge in [-0.05, 0) is 54.6 Å². The predicted octanol–water partition coefficient (Wildman–Crippen LogP) is 3.56. The van der Waals surface area contributed by atoms with E-state index < -0.39 is 0 Å². The minimum absolute atomic E-state index is 0.691. The van der Waals surface area contributed by atoms with Crippen LogP contribution in [-0.2, 0) is 19.3 Å². The normalized spacial score (nSPS) is 14.7. The third-order valence-electron chi connectivity index (χ3n) is 4.24. The number of nitrogens with two attached hydrogens (primary N) is 1. The average Bonchev–Trinajstić information content (AvgIpc) is 2.72. The number of anilines is 1. The van der Waals surface area contributed by atoms with E-state index in [1.54, 1.807) is 0 Å². The number of hydrogen-bond donors (Lipinski definition) is 1. The molecule has 3 rings (SSSR count). The summed E-state index contributed by atoms with van der Waals surface area (Å²) in [4.78, 5) is 2.48. The Balaban J connectivity index is 1.78. The minimum Gasteiger partial charge on any atom is -0.371 e. The van der Waals surface area contributed by atoms with Crippen molar-refractivity contribution >= 4 is 21.6 Å². The van der Waals surface area contributed by atoms with Crippen molar-refractivity contribution in [2.24, 2.45) is 5.73 Å². The Hall–Kier alpha value is -1.32. The summed E-state index contributed by atoms with van der Waals surface area (Å²) in [5.74, 6) is 0. The van der Waals surface area contributed by atoms with Gasteiger partial charge in [-0.25, -0.2) is 0 Å². The van der Waals surface area contributed by atoms with Gasteiger partial charge in [0.25, 0.3) is 0 Å². The van der Waals surface area contributed by atoms with Gasteiger partial charge in [0.15, 0.2) is 0 Å². The highest BCUT2D eigenvalue weighted by Crippen LogP contribution is 2.26. The van der Waals surface area contributed by atoms with Crippen molar-refractivity contribution < 1.29 is 0 Å². The zero-order valence-electron chi connectivity index (χ0n) is 12.2. The maximum absolute atomic E-state index is 5.65. The molecule has 0 unspecified atom stereocenters. The molecule has 0 fully saturated rings. The molecule has 21 heavy (non-hydrogen) atoms. The summed E-state index contributed by atoms with van der Waals surface area (Å²) >= 11 is 3.68. The monoisotopic (exact) mass is 344 g/mol. The lowest BCUT2D eigenvalue weighted by Gasteiger charge is -2.23. The Morgan fingerprint density at radius 3 is 2.24 bits per heavy atom. The lowest BCUT2D eigenvalue weighted by atomic mass is 10.0. The third-order valence-corrected chi connectivity index (χ3v) is 4.97. The van der Waals surface area contributed by atoms with Crippen LogP contribution in [0.2, 0.25) is 0 Å². The van der Waals surface area contributed by atoms with Gasteiger partial charge in [0, 0.05) is 23.2 Å². The third kappa shape index (κ3) is 3.30. The standard InChI is InChI=1S/C18H21BrN2/c19-18-13-17(6-5-16(18)7-10-20)21-11-8-14-3-1-2-4-15(14)9-12-21/h1-6,13H,7-12,20H2. The van der Waals surface area contributed by atoms with E-state index in [2.05, 4.69) is 63.3 Å². The summed E-state index contributed by atoms with van der Waals surface area (Å²) < 4.78 is 1.17. The molecule has 1 heterocycles. The molecule has 0 atom stereocenters. The van der Waals surface area contributed by atoms with Crippen LogP contribution in [0.4, 0.5) is 5.69 Å². The molecule has 0 amide bonds. The van der Waals surface area contributed by atoms with E-state index in [1.807, 2.05) is 0 Å². The molecule has 0 aromatic heterocycles. The fraction of sp³-hybridized carbons (Fsp3) is 0.333. The van der Waals surface area contributed by atoms with Crippen LogP contribution in [0.5, 0.6) is 0 Å². The summed E-state index contributed by atoms with van der Waals surface area (Å²) in [5.41, 5.74) is 11.2. The van der Waals surface area contributed by atoms with Crippen LogP contribution >= 0.6 is 15.9 Å². The minimum atomic E-state index is 0.691. The highest BCUT2D eigenvalue weighted by molar-refractivity contribution is 9.10. The summed E-state index contributed by atoms with van der Waals surface area (Å²) in [6.45, 7) is 2.86. The quantitative estimate of drug-likeness (QED) is 0.922. The first kappa shape index (κ1) is 14.6. The van der Waals surface area contributed by atoms with E-state index in [-0.39, 0.29) is 0 Å². The van der Waals surface area contributed by atoms with Crippen molar-refractivity contribution in [3.8, 4) is 0 Å². The van der Waals surface area contributed by atoms with Crippen LogP contribution in [0.15, 0.2) is 46.9 Å². The van der Waals surface area contributed by atoms with E-state index in [4.69, 9.17) is 5.73 Å². The highest BCUT2D eigenvalue weighted by Gasteiger charge is 2.14. The second-order valence-electron chi connectivity index (χ2n) is 5.57. The second-order valence-corrected chi connectivity index (χ2v) is 6.42. The first-order valence-corrected chi connectivity index (χ1v) is 8.37. The number of benzene rings is 2. The number of hydrogen-bond acceptors (Lipinski definition) is 2. The molecule has 0 aliphatic carbocycles. The zero-order valence-corrected chi connectivity index (χ0v) is 13.8. The van der Waals surface area contributed by atoms with Crippen LogP contribution in [0.3, 0.4) is 0 Å². The summed E-state index contributed by atoms with van der Waals surface area (Å²) in [6.07, 6.45) is 3.17. The molecular weight excluding hydrogens is 324 g/mol. The van der Waals surface area contributed by atoms with Gasteiger partial charge < -0.3 is 10.6 Å². The SMILES string of the molecule is NCCc1ccc(N2CCc3ccccc3CC2)cc1Br. The lowest BCUT2D eigenvalue weighted by molar-refractivity contribution is 0.804. The highest BCUT2D eigenvalue weighted by atomic mass is 79.9. The fourth-order valence-electron chi connectivity index (χ4n) is 3.02. The second kappa shape index (κ2) is 6.63. The van der Waals surface area contributed by atoms with Crippen LogP contribution < -0.4 is 10.6 Å². The van der Waals surface area contributed by atoms with Gasteiger partial charge in [-0.1, -0.05) is 46.3 Å². The number of fused-ring (bicyclic) bond motifs is 1. The van der Waals surface area contributed by atoms with Crippen molar-refractivity contribution in [1.29, 1.82) is 0 Å². The number of nitrogens with zero attached hydrogens (tertiary/aromatic N) is 1. The van der Waals surface area contributed by atoms with Crippen molar-refractivity contribution in [2.45, 2.75) is 19.3 Å². The molecule has 2 aromatic rings. The van der Waals surface area contributed by atoms with E-state index in [0.717, 1.165) is 32.4 Å². The molecule has 0 saturated carbocycles. The van der Waals surface area contributed by atoms with E-state index in [1.165, 1.54) is 26.9 Å². The molecule has 2 aromatic carbocycles. The molecule has 2 N–H and O–H groups in total. The molecule has 1 aliphatic rings. The summed E-state index contributed by atoms with van der Waals surface area (Å²) in [7, 11) is 0. The van der Waals surface area contributed by atoms with E-state index >= 15 is 0 Å². The molecule has 0 spiro atoms. The maximum atomic E-state index is 5.65. The largest absolute Gasteiger partial charge is 0.371 e. The Labute approximate surface area is 135 Å². The van der Waals surface area contributed by atoms with Gasteiger partial charge in [0.2, 0.25) is 0 Å². The predicted molar refractivity (Wildman–Crippen MR) is 93.0 cm³/mol. The zero-order chi connectivity index (χ0) is 14.7. The summed E-state index contributed by atoms with van der Waals surface area (Å²) in [6, 6.07) is 15.5. The van der Waals surface area contributed by atoms with Gasteiger partial charge in [-0.2, -0.15) is 0 Å². The van der Waals surface area contributed by atoms with Gasteiger partial charge in [-0.15, -0.1) is 0 Å².